The van der Waals surface area contributed by atoms with Gasteiger partial charge < -0.3 is 19.5 Å². The van der Waals surface area contributed by atoms with Gasteiger partial charge in [0.2, 0.25) is 5.76 Å². The highest BCUT2D eigenvalue weighted by atomic mass is 16.5. The quantitative estimate of drug-likeness (QED) is 0.769. The molecule has 124 valence electrons. The van der Waals surface area contributed by atoms with Crippen LogP contribution < -0.4 is 10.1 Å². The van der Waals surface area contributed by atoms with Gasteiger partial charge in [0.1, 0.15) is 6.61 Å². The number of nitrogens with zero attached hydrogens (tertiary/aromatic N) is 2. The Labute approximate surface area is 136 Å². The summed E-state index contributed by atoms with van der Waals surface area (Å²) in [6.45, 7) is 7.89. The van der Waals surface area contributed by atoms with Crippen molar-refractivity contribution in [3.8, 4) is 5.88 Å². The molecule has 0 fully saturated rings. The average Bonchev–Trinajstić information content (AvgIpc) is 3.07. The summed E-state index contributed by atoms with van der Waals surface area (Å²) in [5.74, 6) is 0.189. The fourth-order valence-corrected chi connectivity index (χ4v) is 2.12. The Morgan fingerprint density at radius 1 is 1.26 bits per heavy atom. The topological polar surface area (TPSA) is 67.6 Å². The van der Waals surface area contributed by atoms with E-state index in [0.717, 1.165) is 25.2 Å². The maximum Gasteiger partial charge on any atom is 0.290 e. The van der Waals surface area contributed by atoms with E-state index in [9.17, 15) is 4.79 Å². The van der Waals surface area contributed by atoms with Gasteiger partial charge in [-0.15, -0.1) is 0 Å². The van der Waals surface area contributed by atoms with E-state index in [1.807, 2.05) is 30.3 Å². The second-order valence-electron chi connectivity index (χ2n) is 5.09. The molecule has 1 heterocycles. The average molecular weight is 317 g/mol. The second-order valence-corrected chi connectivity index (χ2v) is 5.09. The molecule has 1 aromatic carbocycles. The van der Waals surface area contributed by atoms with Crippen LogP contribution in [0.5, 0.6) is 5.88 Å². The van der Waals surface area contributed by atoms with Gasteiger partial charge in [0, 0.05) is 13.1 Å². The molecule has 0 saturated carbocycles. The van der Waals surface area contributed by atoms with Crippen molar-refractivity contribution in [2.75, 3.05) is 26.2 Å². The summed E-state index contributed by atoms with van der Waals surface area (Å²) in [4.78, 5) is 14.2. The summed E-state index contributed by atoms with van der Waals surface area (Å²) < 4.78 is 10.5. The highest BCUT2D eigenvalue weighted by Crippen LogP contribution is 2.13. The molecule has 2 rings (SSSR count). The van der Waals surface area contributed by atoms with Gasteiger partial charge in [-0.05, 0) is 23.8 Å². The molecule has 0 atom stereocenters. The van der Waals surface area contributed by atoms with Crippen LogP contribution in [0.2, 0.25) is 0 Å². The van der Waals surface area contributed by atoms with Gasteiger partial charge >= 0.3 is 0 Å². The van der Waals surface area contributed by atoms with Gasteiger partial charge in [0.05, 0.1) is 6.07 Å². The maximum atomic E-state index is 12.0. The molecule has 0 radical (unpaired) electrons. The number of aromatic nitrogens is 1. The summed E-state index contributed by atoms with van der Waals surface area (Å²) in [7, 11) is 0. The monoisotopic (exact) mass is 317 g/mol. The number of benzene rings is 1. The largest absolute Gasteiger partial charge is 0.471 e. The molecule has 0 saturated heterocycles. The third-order valence-electron chi connectivity index (χ3n) is 3.55. The molecule has 0 aliphatic heterocycles. The zero-order valence-corrected chi connectivity index (χ0v) is 13.6. The number of likely N-dealkylation sites (N-methyl/N-ethyl adjacent to an activating group) is 1. The van der Waals surface area contributed by atoms with Gasteiger partial charge in [0.25, 0.3) is 11.8 Å². The Kier molecular flexibility index (Phi) is 6.62. The molecular weight excluding hydrogens is 294 g/mol. The Morgan fingerprint density at radius 3 is 2.70 bits per heavy atom. The minimum absolute atomic E-state index is 0.160. The first-order valence-corrected chi connectivity index (χ1v) is 7.87. The summed E-state index contributed by atoms with van der Waals surface area (Å²) in [5, 5.41) is 6.57. The first kappa shape index (κ1) is 17.0. The number of carbonyl (C=O) groups is 1. The van der Waals surface area contributed by atoms with Crippen LogP contribution in [0.4, 0.5) is 0 Å². The third kappa shape index (κ3) is 5.41. The molecule has 0 aliphatic rings. The lowest BCUT2D eigenvalue weighted by molar-refractivity contribution is 0.0911. The van der Waals surface area contributed by atoms with Gasteiger partial charge in [-0.25, -0.2) is 0 Å². The van der Waals surface area contributed by atoms with Crippen molar-refractivity contribution in [3.63, 3.8) is 0 Å². The van der Waals surface area contributed by atoms with E-state index in [4.69, 9.17) is 9.26 Å². The summed E-state index contributed by atoms with van der Waals surface area (Å²) in [6, 6.07) is 11.3. The third-order valence-corrected chi connectivity index (χ3v) is 3.55. The maximum absolute atomic E-state index is 12.0. The Hall–Kier alpha value is -2.34. The van der Waals surface area contributed by atoms with Crippen LogP contribution in [0, 0.1) is 0 Å². The van der Waals surface area contributed by atoms with Gasteiger partial charge in [-0.3, -0.25) is 4.79 Å². The standard InChI is InChI=1S/C17H23N3O3/c1-3-20(4-2)11-10-18-17(21)15-12-16(19-23-15)22-13-14-8-6-5-7-9-14/h5-9,12H,3-4,10-11,13H2,1-2H3,(H,18,21). The van der Waals surface area contributed by atoms with E-state index in [-0.39, 0.29) is 11.7 Å². The van der Waals surface area contributed by atoms with E-state index in [1.165, 1.54) is 6.07 Å². The Bertz CT molecular complexity index is 594. The highest BCUT2D eigenvalue weighted by Gasteiger charge is 2.13. The lowest BCUT2D eigenvalue weighted by Gasteiger charge is -2.17. The summed E-state index contributed by atoms with van der Waals surface area (Å²) >= 11 is 0. The molecule has 6 nitrogen and oxygen atoms in total. The molecule has 0 unspecified atom stereocenters. The number of hydrogen-bond acceptors (Lipinski definition) is 5. The SMILES string of the molecule is CCN(CC)CCNC(=O)c1cc(OCc2ccccc2)no1. The molecule has 0 spiro atoms. The molecule has 0 bridgehead atoms. The minimum Gasteiger partial charge on any atom is -0.471 e. The molecule has 23 heavy (non-hydrogen) atoms. The molecule has 1 amide bonds. The first-order chi connectivity index (χ1) is 11.2. The van der Waals surface area contributed by atoms with Crippen molar-refractivity contribution in [1.82, 2.24) is 15.4 Å². The van der Waals surface area contributed by atoms with Crippen molar-refractivity contribution in [3.05, 3.63) is 47.7 Å². The van der Waals surface area contributed by atoms with E-state index in [2.05, 4.69) is 29.2 Å². The van der Waals surface area contributed by atoms with E-state index >= 15 is 0 Å². The van der Waals surface area contributed by atoms with Crippen LogP contribution in [-0.2, 0) is 6.61 Å². The second kappa shape index (κ2) is 8.95. The Balaban J connectivity index is 1.78. The zero-order valence-electron chi connectivity index (χ0n) is 13.6. The van der Waals surface area contributed by atoms with E-state index in [1.54, 1.807) is 0 Å². The number of amides is 1. The molecule has 0 aliphatic carbocycles. The normalized spacial score (nSPS) is 10.7. The van der Waals surface area contributed by atoms with Crippen molar-refractivity contribution >= 4 is 5.91 Å². The van der Waals surface area contributed by atoms with Crippen molar-refractivity contribution in [1.29, 1.82) is 0 Å². The molecule has 1 N–H and O–H groups in total. The first-order valence-electron chi connectivity index (χ1n) is 7.87. The fourth-order valence-electron chi connectivity index (χ4n) is 2.12. The van der Waals surface area contributed by atoms with E-state index < -0.39 is 0 Å². The smallest absolute Gasteiger partial charge is 0.290 e. The summed E-state index contributed by atoms with van der Waals surface area (Å²) in [5.41, 5.74) is 1.03. The lowest BCUT2D eigenvalue weighted by atomic mass is 10.2. The number of hydrogen-bond donors (Lipinski definition) is 1. The highest BCUT2D eigenvalue weighted by molar-refractivity contribution is 5.91. The van der Waals surface area contributed by atoms with E-state index in [0.29, 0.717) is 19.0 Å². The predicted octanol–water partition coefficient (Wildman–Crippen LogP) is 2.33. The van der Waals surface area contributed by atoms with Crippen LogP contribution in [-0.4, -0.2) is 42.1 Å². The minimum atomic E-state index is -0.279. The molecule has 1 aromatic heterocycles. The molecular formula is C17H23N3O3. The van der Waals surface area contributed by atoms with Gasteiger partial charge in [0.15, 0.2) is 0 Å². The van der Waals surface area contributed by atoms with Crippen LogP contribution in [0.25, 0.3) is 0 Å². The van der Waals surface area contributed by atoms with Crippen LogP contribution in [0.3, 0.4) is 0 Å². The molecule has 2 aromatic rings. The van der Waals surface area contributed by atoms with Gasteiger partial charge in [-0.1, -0.05) is 44.2 Å². The number of carbonyl (C=O) groups excluding carboxylic acids is 1. The Morgan fingerprint density at radius 2 is 2.00 bits per heavy atom. The molecule has 6 heteroatoms. The van der Waals surface area contributed by atoms with Crippen LogP contribution in [0.15, 0.2) is 40.9 Å². The van der Waals surface area contributed by atoms with Crippen LogP contribution in [0.1, 0.15) is 30.0 Å². The van der Waals surface area contributed by atoms with Crippen molar-refractivity contribution in [2.24, 2.45) is 0 Å². The predicted molar refractivity (Wildman–Crippen MR) is 87.4 cm³/mol. The number of ether oxygens (including phenoxy) is 1. The lowest BCUT2D eigenvalue weighted by Crippen LogP contribution is -2.34. The zero-order chi connectivity index (χ0) is 16.5. The van der Waals surface area contributed by atoms with Crippen molar-refractivity contribution < 1.29 is 14.1 Å². The fraction of sp³-hybridized carbons (Fsp3) is 0.412. The van der Waals surface area contributed by atoms with Crippen molar-refractivity contribution in [2.45, 2.75) is 20.5 Å². The number of nitrogens with one attached hydrogen (secondary N) is 1. The summed E-state index contributed by atoms with van der Waals surface area (Å²) in [6.07, 6.45) is 0. The van der Waals surface area contributed by atoms with Crippen LogP contribution >= 0.6 is 0 Å². The number of rotatable bonds is 9. The van der Waals surface area contributed by atoms with Gasteiger partial charge in [-0.2, -0.15) is 0 Å².